The van der Waals surface area contributed by atoms with Crippen LogP contribution in [-0.2, 0) is 6.42 Å². The fourth-order valence-corrected chi connectivity index (χ4v) is 7.27. The Hall–Kier alpha value is -4.13. The maximum absolute atomic E-state index is 13.4. The van der Waals surface area contributed by atoms with Crippen LogP contribution in [0.1, 0.15) is 45.3 Å². The van der Waals surface area contributed by atoms with Crippen LogP contribution in [0, 0.1) is 11.8 Å². The smallest absolute Gasteiger partial charge is 0.167 e. The third-order valence-corrected chi connectivity index (χ3v) is 9.34. The van der Waals surface area contributed by atoms with E-state index in [0.717, 1.165) is 18.7 Å². The summed E-state index contributed by atoms with van der Waals surface area (Å²) in [6, 6.07) is 35.0. The van der Waals surface area contributed by atoms with Gasteiger partial charge in [0.25, 0.3) is 0 Å². The van der Waals surface area contributed by atoms with Crippen molar-refractivity contribution in [2.45, 2.75) is 30.8 Å². The number of aliphatic hydroxyl groups excluding tert-OH is 1. The Kier molecular flexibility index (Phi) is 9.29. The van der Waals surface area contributed by atoms with Gasteiger partial charge < -0.3 is 24.2 Å². The van der Waals surface area contributed by atoms with Gasteiger partial charge in [-0.15, -0.1) is 0 Å². The average molecular weight is 592 g/mol. The number of Topliss-reactive ketones (excluding diaryl/α,β-unsaturated/α-hetero) is 1. The van der Waals surface area contributed by atoms with Crippen LogP contribution in [0.5, 0.6) is 17.2 Å². The standard InChI is InChI=1S/C38H41NO5/c1-42-35-20-30(33(41)19-18-26-12-6-3-7-13-26)34(21-36(35)43-2)44-25-29(40)22-39-23-31-32(24-39)38(28-16-10-5-11-17-28)37(31)27-14-8-4-9-15-27/h3-17,20-21,29,31-32,37-38,40H,18-19,22-25H2,1-2H3. The van der Waals surface area contributed by atoms with E-state index in [0.29, 0.717) is 65.9 Å². The number of rotatable bonds is 13. The van der Waals surface area contributed by atoms with Crippen LogP contribution < -0.4 is 14.2 Å². The monoisotopic (exact) mass is 591 g/mol. The molecule has 0 spiro atoms. The molecule has 1 aliphatic carbocycles. The molecule has 0 radical (unpaired) electrons. The Balaban J connectivity index is 1.12. The molecule has 6 rings (SSSR count). The van der Waals surface area contributed by atoms with Gasteiger partial charge in [0.1, 0.15) is 18.5 Å². The van der Waals surface area contributed by atoms with E-state index < -0.39 is 6.10 Å². The van der Waals surface area contributed by atoms with Crippen LogP contribution in [0.3, 0.4) is 0 Å². The molecule has 228 valence electrons. The highest BCUT2D eigenvalue weighted by molar-refractivity contribution is 5.99. The highest BCUT2D eigenvalue weighted by Gasteiger charge is 2.55. The number of carbonyl (C=O) groups is 1. The molecule has 1 N–H and O–H groups in total. The zero-order valence-electron chi connectivity index (χ0n) is 25.5. The summed E-state index contributed by atoms with van der Waals surface area (Å²) in [5, 5.41) is 11.1. The van der Waals surface area contributed by atoms with Crippen molar-refractivity contribution in [3.8, 4) is 17.2 Å². The van der Waals surface area contributed by atoms with Gasteiger partial charge in [-0.3, -0.25) is 4.79 Å². The van der Waals surface area contributed by atoms with E-state index in [-0.39, 0.29) is 12.4 Å². The number of fused-ring (bicyclic) bond motifs is 1. The first kappa shape index (κ1) is 29.9. The molecule has 1 heterocycles. The summed E-state index contributed by atoms with van der Waals surface area (Å²) in [7, 11) is 3.11. The summed E-state index contributed by atoms with van der Waals surface area (Å²) in [6.45, 7) is 2.49. The van der Waals surface area contributed by atoms with Crippen molar-refractivity contribution < 1.29 is 24.1 Å². The van der Waals surface area contributed by atoms with Crippen LogP contribution in [0.25, 0.3) is 0 Å². The summed E-state index contributed by atoms with van der Waals surface area (Å²) >= 11 is 0. The maximum Gasteiger partial charge on any atom is 0.167 e. The number of hydrogen-bond donors (Lipinski definition) is 1. The molecule has 2 aliphatic rings. The van der Waals surface area contributed by atoms with Crippen molar-refractivity contribution in [1.29, 1.82) is 0 Å². The zero-order chi connectivity index (χ0) is 30.5. The van der Waals surface area contributed by atoms with Gasteiger partial charge in [-0.25, -0.2) is 0 Å². The van der Waals surface area contributed by atoms with Crippen LogP contribution in [0.2, 0.25) is 0 Å². The Bertz CT molecular complexity index is 1470. The van der Waals surface area contributed by atoms with Gasteiger partial charge in [0.15, 0.2) is 17.3 Å². The molecule has 4 aromatic carbocycles. The second-order valence-electron chi connectivity index (χ2n) is 12.0. The molecule has 0 aromatic heterocycles. The minimum absolute atomic E-state index is 0.0469. The van der Waals surface area contributed by atoms with Crippen molar-refractivity contribution in [1.82, 2.24) is 4.90 Å². The number of benzene rings is 4. The Morgan fingerprint density at radius 2 is 1.30 bits per heavy atom. The number of ketones is 1. The SMILES string of the molecule is COc1cc(OCC(O)CN2CC3C(C2)C(c2ccccc2)C3c2ccccc2)c(C(=O)CCc2ccccc2)cc1OC. The van der Waals surface area contributed by atoms with Crippen LogP contribution in [0.15, 0.2) is 103 Å². The Morgan fingerprint density at radius 3 is 1.84 bits per heavy atom. The lowest BCUT2D eigenvalue weighted by Crippen LogP contribution is -2.42. The molecule has 44 heavy (non-hydrogen) atoms. The third kappa shape index (κ3) is 6.37. The first-order valence-corrected chi connectivity index (χ1v) is 15.5. The van der Waals surface area contributed by atoms with Gasteiger partial charge in [0.2, 0.25) is 0 Å². The average Bonchev–Trinajstić information content (AvgIpc) is 3.40. The van der Waals surface area contributed by atoms with Crippen LogP contribution >= 0.6 is 0 Å². The highest BCUT2D eigenvalue weighted by Crippen LogP contribution is 2.60. The molecular weight excluding hydrogens is 550 g/mol. The molecule has 1 saturated carbocycles. The number of β-amino-alcohol motifs (C(OH)–C–C–N with tert-alkyl or cyclic N) is 1. The van der Waals surface area contributed by atoms with E-state index in [1.54, 1.807) is 26.4 Å². The molecule has 5 atom stereocenters. The van der Waals surface area contributed by atoms with E-state index in [1.165, 1.54) is 11.1 Å². The Labute approximate surface area is 260 Å². The lowest BCUT2D eigenvalue weighted by molar-refractivity contribution is 0.0734. The molecule has 5 unspecified atom stereocenters. The van der Waals surface area contributed by atoms with Gasteiger partial charge in [-0.2, -0.15) is 0 Å². The zero-order valence-corrected chi connectivity index (χ0v) is 25.5. The number of carbonyl (C=O) groups excluding carboxylic acids is 1. The van der Waals surface area contributed by atoms with Gasteiger partial charge in [-0.1, -0.05) is 91.0 Å². The first-order chi connectivity index (χ1) is 21.6. The molecule has 2 fully saturated rings. The summed E-state index contributed by atoms with van der Waals surface area (Å²) < 4.78 is 17.1. The molecule has 0 bridgehead atoms. The van der Waals surface area contributed by atoms with Crippen molar-refractivity contribution in [3.63, 3.8) is 0 Å². The predicted octanol–water partition coefficient (Wildman–Crippen LogP) is 6.39. The number of aryl methyl sites for hydroxylation is 1. The minimum Gasteiger partial charge on any atom is -0.493 e. The lowest BCUT2D eigenvalue weighted by Gasteiger charge is -2.49. The number of methoxy groups -OCH3 is 2. The summed E-state index contributed by atoms with van der Waals surface area (Å²) in [4.78, 5) is 15.7. The van der Waals surface area contributed by atoms with E-state index in [1.807, 2.05) is 30.3 Å². The van der Waals surface area contributed by atoms with E-state index >= 15 is 0 Å². The fourth-order valence-electron chi connectivity index (χ4n) is 7.27. The van der Waals surface area contributed by atoms with E-state index in [2.05, 4.69) is 65.6 Å². The molecule has 6 heteroatoms. The number of hydrogen-bond acceptors (Lipinski definition) is 6. The number of likely N-dealkylation sites (tertiary alicyclic amines) is 1. The van der Waals surface area contributed by atoms with Gasteiger partial charge in [0.05, 0.1) is 19.8 Å². The second-order valence-corrected chi connectivity index (χ2v) is 12.0. The maximum atomic E-state index is 13.4. The summed E-state index contributed by atoms with van der Waals surface area (Å²) in [5.41, 5.74) is 4.32. The highest BCUT2D eigenvalue weighted by atomic mass is 16.5. The van der Waals surface area contributed by atoms with Gasteiger partial charge in [-0.05, 0) is 52.8 Å². The predicted molar refractivity (Wildman–Crippen MR) is 172 cm³/mol. The molecule has 4 aromatic rings. The van der Waals surface area contributed by atoms with Crippen molar-refractivity contribution in [2.24, 2.45) is 11.8 Å². The number of aliphatic hydroxyl groups is 1. The summed E-state index contributed by atoms with van der Waals surface area (Å²) in [5.74, 6) is 3.34. The normalized spacial score (nSPS) is 21.6. The van der Waals surface area contributed by atoms with Crippen molar-refractivity contribution >= 4 is 5.78 Å². The van der Waals surface area contributed by atoms with Crippen molar-refractivity contribution in [3.05, 3.63) is 125 Å². The minimum atomic E-state index is -0.710. The molecule has 0 amide bonds. The number of ether oxygens (including phenoxy) is 3. The quantitative estimate of drug-likeness (QED) is 0.182. The van der Waals surface area contributed by atoms with Gasteiger partial charge >= 0.3 is 0 Å². The van der Waals surface area contributed by atoms with Crippen LogP contribution in [-0.4, -0.2) is 62.4 Å². The molecule has 6 nitrogen and oxygen atoms in total. The van der Waals surface area contributed by atoms with Crippen LogP contribution in [0.4, 0.5) is 0 Å². The topological polar surface area (TPSA) is 68.2 Å². The Morgan fingerprint density at radius 1 is 0.773 bits per heavy atom. The molecule has 1 aliphatic heterocycles. The second kappa shape index (κ2) is 13.7. The van der Waals surface area contributed by atoms with E-state index in [4.69, 9.17) is 14.2 Å². The number of nitrogens with zero attached hydrogens (tertiary/aromatic N) is 1. The largest absolute Gasteiger partial charge is 0.493 e. The lowest BCUT2D eigenvalue weighted by atomic mass is 9.54. The molecular formula is C38H41NO5. The fraction of sp³-hybridized carbons (Fsp3) is 0.342. The summed E-state index contributed by atoms with van der Waals surface area (Å²) in [6.07, 6.45) is 0.250. The first-order valence-electron chi connectivity index (χ1n) is 15.5. The third-order valence-electron chi connectivity index (χ3n) is 9.34. The van der Waals surface area contributed by atoms with Crippen molar-refractivity contribution in [2.75, 3.05) is 40.5 Å². The molecule has 1 saturated heterocycles. The van der Waals surface area contributed by atoms with E-state index in [9.17, 15) is 9.90 Å². The van der Waals surface area contributed by atoms with Gasteiger partial charge in [0, 0.05) is 32.1 Å².